The third kappa shape index (κ3) is 4.11. The van der Waals surface area contributed by atoms with Crippen molar-refractivity contribution in [1.29, 1.82) is 0 Å². The summed E-state index contributed by atoms with van der Waals surface area (Å²) in [6.45, 7) is 15.5. The number of rotatable bonds is 4. The second kappa shape index (κ2) is 8.87. The van der Waals surface area contributed by atoms with Crippen LogP contribution in [0.3, 0.4) is 0 Å². The minimum absolute atomic E-state index is 0.000306. The SMILES string of the molecule is Cc1c(CC(C)C)oc2cc(-c3cc(-c4cc(C(C)(C)C)c5ccccc5c4)nc4occ(C)c34)ccc12. The Morgan fingerprint density at radius 2 is 1.66 bits per heavy atom. The highest BCUT2D eigenvalue weighted by Gasteiger charge is 2.21. The van der Waals surface area contributed by atoms with Crippen LogP contribution < -0.4 is 0 Å². The molecule has 0 spiro atoms. The van der Waals surface area contributed by atoms with Crippen LogP contribution in [0.25, 0.3) is 55.2 Å². The van der Waals surface area contributed by atoms with E-state index in [2.05, 4.69) is 109 Å². The molecule has 0 fully saturated rings. The summed E-state index contributed by atoms with van der Waals surface area (Å²) < 4.78 is 12.4. The first-order valence-electron chi connectivity index (χ1n) is 13.5. The molecule has 0 atom stereocenters. The molecule has 6 aromatic rings. The molecule has 0 aliphatic carbocycles. The van der Waals surface area contributed by atoms with Crippen LogP contribution in [0, 0.1) is 19.8 Å². The fourth-order valence-corrected chi connectivity index (χ4v) is 5.65. The van der Waals surface area contributed by atoms with Crippen LogP contribution in [0.5, 0.6) is 0 Å². The Kier molecular flexibility index (Phi) is 5.72. The van der Waals surface area contributed by atoms with E-state index in [-0.39, 0.29) is 5.41 Å². The topological polar surface area (TPSA) is 39.2 Å². The fourth-order valence-electron chi connectivity index (χ4n) is 5.65. The van der Waals surface area contributed by atoms with E-state index in [1.807, 2.05) is 6.26 Å². The summed E-state index contributed by atoms with van der Waals surface area (Å²) in [5, 5.41) is 4.74. The van der Waals surface area contributed by atoms with Crippen molar-refractivity contribution in [3.05, 3.63) is 89.4 Å². The molecule has 0 amide bonds. The number of aromatic nitrogens is 1. The summed E-state index contributed by atoms with van der Waals surface area (Å²) in [5.41, 5.74) is 9.47. The van der Waals surface area contributed by atoms with Crippen molar-refractivity contribution in [3.63, 3.8) is 0 Å². The molecule has 3 aromatic carbocycles. The average molecular weight is 502 g/mol. The maximum atomic E-state index is 6.37. The third-order valence-corrected chi connectivity index (χ3v) is 7.64. The van der Waals surface area contributed by atoms with E-state index in [9.17, 15) is 0 Å². The lowest BCUT2D eigenvalue weighted by atomic mass is 9.82. The number of hydrogen-bond acceptors (Lipinski definition) is 3. The molecule has 0 saturated carbocycles. The van der Waals surface area contributed by atoms with E-state index < -0.39 is 0 Å². The molecule has 3 aromatic heterocycles. The predicted molar refractivity (Wildman–Crippen MR) is 159 cm³/mol. The van der Waals surface area contributed by atoms with E-state index in [1.165, 1.54) is 27.3 Å². The van der Waals surface area contributed by atoms with E-state index >= 15 is 0 Å². The molecule has 0 saturated heterocycles. The van der Waals surface area contributed by atoms with Crippen LogP contribution in [-0.4, -0.2) is 4.98 Å². The number of fused-ring (bicyclic) bond motifs is 3. The first-order chi connectivity index (χ1) is 18.1. The Hall–Kier alpha value is -3.85. The largest absolute Gasteiger partial charge is 0.461 e. The fraction of sp³-hybridized carbons (Fsp3) is 0.286. The zero-order valence-electron chi connectivity index (χ0n) is 23.4. The lowest BCUT2D eigenvalue weighted by Gasteiger charge is -2.23. The van der Waals surface area contributed by atoms with E-state index in [1.54, 1.807) is 0 Å². The first-order valence-corrected chi connectivity index (χ1v) is 13.5. The van der Waals surface area contributed by atoms with Crippen molar-refractivity contribution in [2.24, 2.45) is 5.92 Å². The standard InChI is InChI=1S/C35H35NO2/c1-20(2)14-31-22(4)26-13-12-24(17-32(26)38-31)28-18-30(36-34-33(28)21(3)19-37-34)25-15-23-10-8-9-11-27(23)29(16-25)35(5,6)7/h8-13,15-20H,14H2,1-7H3. The monoisotopic (exact) mass is 501 g/mol. The predicted octanol–water partition coefficient (Wildman–Crippen LogP) is 10.2. The van der Waals surface area contributed by atoms with Crippen molar-refractivity contribution in [2.45, 2.75) is 60.3 Å². The number of pyridine rings is 1. The Balaban J connectivity index is 1.57. The van der Waals surface area contributed by atoms with Gasteiger partial charge in [0.15, 0.2) is 0 Å². The molecule has 0 unspecified atom stereocenters. The second-order valence-electron chi connectivity index (χ2n) is 12.1. The van der Waals surface area contributed by atoms with Gasteiger partial charge in [-0.3, -0.25) is 0 Å². The molecular formula is C35H35NO2. The summed E-state index contributed by atoms with van der Waals surface area (Å²) in [6.07, 6.45) is 2.75. The van der Waals surface area contributed by atoms with Gasteiger partial charge < -0.3 is 8.83 Å². The molecule has 192 valence electrons. The van der Waals surface area contributed by atoms with Gasteiger partial charge in [0, 0.05) is 17.4 Å². The molecule has 0 bridgehead atoms. The minimum atomic E-state index is -0.000306. The number of nitrogens with zero attached hydrogens (tertiary/aromatic N) is 1. The van der Waals surface area contributed by atoms with Crippen LogP contribution in [0.2, 0.25) is 0 Å². The van der Waals surface area contributed by atoms with Crippen molar-refractivity contribution < 1.29 is 8.83 Å². The van der Waals surface area contributed by atoms with Gasteiger partial charge >= 0.3 is 0 Å². The summed E-state index contributed by atoms with van der Waals surface area (Å²) >= 11 is 0. The zero-order valence-corrected chi connectivity index (χ0v) is 23.4. The van der Waals surface area contributed by atoms with E-state index in [0.29, 0.717) is 11.6 Å². The van der Waals surface area contributed by atoms with Gasteiger partial charge in [-0.05, 0) is 88.0 Å². The molecule has 0 N–H and O–H groups in total. The summed E-state index contributed by atoms with van der Waals surface area (Å²) in [5.74, 6) is 1.63. The first kappa shape index (κ1) is 24.5. The smallest absolute Gasteiger partial charge is 0.227 e. The quantitative estimate of drug-likeness (QED) is 0.241. The zero-order chi connectivity index (χ0) is 26.8. The Bertz CT molecular complexity index is 1820. The van der Waals surface area contributed by atoms with Crippen molar-refractivity contribution >= 4 is 32.8 Å². The van der Waals surface area contributed by atoms with Crippen LogP contribution in [-0.2, 0) is 11.8 Å². The number of benzene rings is 3. The maximum absolute atomic E-state index is 6.37. The average Bonchev–Trinajstić information content (AvgIpc) is 3.40. The van der Waals surface area contributed by atoms with Gasteiger partial charge in [0.05, 0.1) is 17.3 Å². The normalized spacial score (nSPS) is 12.4. The number of aryl methyl sites for hydroxylation is 2. The molecule has 0 aliphatic rings. The second-order valence-corrected chi connectivity index (χ2v) is 12.1. The number of hydrogen-bond donors (Lipinski definition) is 0. The minimum Gasteiger partial charge on any atom is -0.461 e. The Labute approximate surface area is 224 Å². The molecule has 3 heterocycles. The van der Waals surface area contributed by atoms with Gasteiger partial charge in [-0.1, -0.05) is 71.0 Å². The third-order valence-electron chi connectivity index (χ3n) is 7.64. The lowest BCUT2D eigenvalue weighted by molar-refractivity contribution is 0.496. The molecule has 3 heteroatoms. The molecule has 0 radical (unpaired) electrons. The van der Waals surface area contributed by atoms with Gasteiger partial charge in [-0.2, -0.15) is 0 Å². The summed E-state index contributed by atoms with van der Waals surface area (Å²) in [6, 6.07) is 22.0. The van der Waals surface area contributed by atoms with Gasteiger partial charge in [0.2, 0.25) is 5.71 Å². The highest BCUT2D eigenvalue weighted by Crippen LogP contribution is 2.39. The molecule has 6 rings (SSSR count). The van der Waals surface area contributed by atoms with Crippen LogP contribution in [0.15, 0.2) is 75.8 Å². The lowest BCUT2D eigenvalue weighted by Crippen LogP contribution is -2.12. The molecule has 3 nitrogen and oxygen atoms in total. The highest BCUT2D eigenvalue weighted by atomic mass is 16.3. The molecular weight excluding hydrogens is 466 g/mol. The van der Waals surface area contributed by atoms with Gasteiger partial charge in [0.25, 0.3) is 0 Å². The summed E-state index contributed by atoms with van der Waals surface area (Å²) in [4.78, 5) is 5.01. The highest BCUT2D eigenvalue weighted by molar-refractivity contribution is 6.00. The van der Waals surface area contributed by atoms with Crippen LogP contribution >= 0.6 is 0 Å². The van der Waals surface area contributed by atoms with Crippen molar-refractivity contribution in [2.75, 3.05) is 0 Å². The van der Waals surface area contributed by atoms with Crippen molar-refractivity contribution in [3.8, 4) is 22.4 Å². The van der Waals surface area contributed by atoms with E-state index in [4.69, 9.17) is 13.8 Å². The molecule has 0 aliphatic heterocycles. The van der Waals surface area contributed by atoms with Gasteiger partial charge in [0.1, 0.15) is 11.3 Å². The Morgan fingerprint density at radius 1 is 0.868 bits per heavy atom. The Morgan fingerprint density at radius 3 is 2.42 bits per heavy atom. The van der Waals surface area contributed by atoms with Crippen LogP contribution in [0.1, 0.15) is 57.1 Å². The summed E-state index contributed by atoms with van der Waals surface area (Å²) in [7, 11) is 0. The maximum Gasteiger partial charge on any atom is 0.227 e. The van der Waals surface area contributed by atoms with Gasteiger partial charge in [-0.25, -0.2) is 4.98 Å². The van der Waals surface area contributed by atoms with Gasteiger partial charge in [-0.15, -0.1) is 0 Å². The van der Waals surface area contributed by atoms with Crippen molar-refractivity contribution in [1.82, 2.24) is 4.98 Å². The number of furan rings is 2. The molecule has 38 heavy (non-hydrogen) atoms. The van der Waals surface area contributed by atoms with E-state index in [0.717, 1.165) is 51.1 Å². The van der Waals surface area contributed by atoms with Crippen LogP contribution in [0.4, 0.5) is 0 Å².